The Labute approximate surface area is 61.5 Å². The number of hydrogen-bond donors (Lipinski definition) is 2. The molecule has 0 aromatic heterocycles. The highest BCUT2D eigenvalue weighted by Gasteiger charge is 1.77. The Hall–Kier alpha value is 0.110. The SMILES string of the molecule is CCCCC[O].O=[PH](O)O. The molecule has 0 atom stereocenters. The van der Waals surface area contributed by atoms with E-state index in [0.29, 0.717) is 0 Å². The van der Waals surface area contributed by atoms with Crippen LogP contribution in [0.15, 0.2) is 0 Å². The van der Waals surface area contributed by atoms with Crippen LogP contribution in [0.2, 0.25) is 0 Å². The van der Waals surface area contributed by atoms with Gasteiger partial charge >= 0.3 is 8.25 Å². The lowest BCUT2D eigenvalue weighted by molar-refractivity contribution is 0.186. The molecule has 1 radical (unpaired) electrons. The van der Waals surface area contributed by atoms with Crippen molar-refractivity contribution >= 4 is 8.25 Å². The number of rotatable bonds is 3. The molecule has 0 unspecified atom stereocenters. The van der Waals surface area contributed by atoms with E-state index in [4.69, 9.17) is 14.4 Å². The molecular formula is C5H14O4P. The lowest BCUT2D eigenvalue weighted by Crippen LogP contribution is -1.76. The monoisotopic (exact) mass is 169 g/mol. The third kappa shape index (κ3) is 42.4. The predicted molar refractivity (Wildman–Crippen MR) is 38.5 cm³/mol. The molecule has 0 spiro atoms. The second-order valence-electron chi connectivity index (χ2n) is 1.69. The van der Waals surface area contributed by atoms with Gasteiger partial charge in [0.2, 0.25) is 0 Å². The molecule has 0 fully saturated rings. The summed E-state index contributed by atoms with van der Waals surface area (Å²) in [5, 5.41) is 9.69. The van der Waals surface area contributed by atoms with Gasteiger partial charge in [0.25, 0.3) is 0 Å². The molecule has 0 rings (SSSR count). The summed E-state index contributed by atoms with van der Waals surface area (Å²) in [5.41, 5.74) is 0. The average Bonchev–Trinajstić information content (AvgIpc) is 1.82. The van der Waals surface area contributed by atoms with E-state index in [1.54, 1.807) is 0 Å². The predicted octanol–water partition coefficient (Wildman–Crippen LogP) is 0.968. The minimum atomic E-state index is -3.13. The second kappa shape index (κ2) is 11.9. The Kier molecular flexibility index (Phi) is 15.1. The van der Waals surface area contributed by atoms with Crippen molar-refractivity contribution in [2.75, 3.05) is 6.61 Å². The summed E-state index contributed by atoms with van der Waals surface area (Å²) in [5.74, 6) is 0. The fraction of sp³-hybridized carbons (Fsp3) is 1.00. The van der Waals surface area contributed by atoms with Gasteiger partial charge in [-0.1, -0.05) is 19.8 Å². The van der Waals surface area contributed by atoms with Crippen molar-refractivity contribution in [2.45, 2.75) is 26.2 Å². The Morgan fingerprint density at radius 3 is 1.80 bits per heavy atom. The summed E-state index contributed by atoms with van der Waals surface area (Å²) in [6, 6.07) is 0. The van der Waals surface area contributed by atoms with Crippen LogP contribution in [0.5, 0.6) is 0 Å². The Balaban J connectivity index is 0. The van der Waals surface area contributed by atoms with Crippen molar-refractivity contribution < 1.29 is 19.5 Å². The zero-order valence-corrected chi connectivity index (χ0v) is 7.04. The van der Waals surface area contributed by atoms with Crippen LogP contribution in [0.25, 0.3) is 0 Å². The summed E-state index contributed by atoms with van der Waals surface area (Å²) in [4.78, 5) is 14.3. The van der Waals surface area contributed by atoms with Gasteiger partial charge in [0.05, 0.1) is 6.61 Å². The first-order chi connectivity index (χ1) is 4.65. The van der Waals surface area contributed by atoms with Gasteiger partial charge in [-0.2, -0.15) is 0 Å². The van der Waals surface area contributed by atoms with Gasteiger partial charge in [0.15, 0.2) is 0 Å². The van der Waals surface area contributed by atoms with E-state index < -0.39 is 8.25 Å². The average molecular weight is 169 g/mol. The largest absolute Gasteiger partial charge is 0.326 e. The molecule has 0 aromatic rings. The fourth-order valence-corrected chi connectivity index (χ4v) is 0.352. The molecule has 0 aromatic carbocycles. The highest BCUT2D eigenvalue weighted by Crippen LogP contribution is 1.98. The van der Waals surface area contributed by atoms with Crippen molar-refractivity contribution in [3.05, 3.63) is 0 Å². The lowest BCUT2D eigenvalue weighted by atomic mass is 10.3. The first kappa shape index (κ1) is 12.8. The molecule has 0 bridgehead atoms. The first-order valence-electron chi connectivity index (χ1n) is 3.15. The number of unbranched alkanes of at least 4 members (excludes halogenated alkanes) is 2. The van der Waals surface area contributed by atoms with Crippen molar-refractivity contribution in [1.29, 1.82) is 0 Å². The van der Waals surface area contributed by atoms with Gasteiger partial charge in [0.1, 0.15) is 0 Å². The van der Waals surface area contributed by atoms with E-state index in [9.17, 15) is 5.11 Å². The van der Waals surface area contributed by atoms with Crippen LogP contribution in [-0.4, -0.2) is 16.4 Å². The van der Waals surface area contributed by atoms with Gasteiger partial charge in [-0.15, -0.1) is 0 Å². The highest BCUT2D eigenvalue weighted by molar-refractivity contribution is 7.30. The molecule has 0 saturated heterocycles. The molecular weight excluding hydrogens is 155 g/mol. The van der Waals surface area contributed by atoms with Crippen LogP contribution in [0.3, 0.4) is 0 Å². The first-order valence-corrected chi connectivity index (χ1v) is 4.45. The summed E-state index contributed by atoms with van der Waals surface area (Å²) >= 11 is 0. The molecule has 0 aliphatic carbocycles. The lowest BCUT2D eigenvalue weighted by Gasteiger charge is -1.84. The molecule has 0 amide bonds. The summed E-state index contributed by atoms with van der Waals surface area (Å²) < 4.78 is 8.74. The molecule has 2 N–H and O–H groups in total. The third-order valence-electron chi connectivity index (χ3n) is 0.748. The molecule has 0 heterocycles. The fourth-order valence-electron chi connectivity index (χ4n) is 0.352. The van der Waals surface area contributed by atoms with E-state index in [0.717, 1.165) is 19.3 Å². The summed E-state index contributed by atoms with van der Waals surface area (Å²) in [6.45, 7) is 2.20. The maximum atomic E-state index is 9.69. The van der Waals surface area contributed by atoms with Gasteiger partial charge in [0, 0.05) is 0 Å². The maximum absolute atomic E-state index is 9.69. The van der Waals surface area contributed by atoms with Gasteiger partial charge in [-0.3, -0.25) is 4.57 Å². The van der Waals surface area contributed by atoms with E-state index >= 15 is 0 Å². The summed E-state index contributed by atoms with van der Waals surface area (Å²) in [7, 11) is -3.13. The minimum Gasteiger partial charge on any atom is -0.326 e. The molecule has 0 aliphatic heterocycles. The van der Waals surface area contributed by atoms with E-state index in [1.165, 1.54) is 0 Å². The molecule has 0 saturated carbocycles. The van der Waals surface area contributed by atoms with Crippen LogP contribution in [0.1, 0.15) is 26.2 Å². The Morgan fingerprint density at radius 2 is 1.70 bits per heavy atom. The minimum absolute atomic E-state index is 0.105. The molecule has 10 heavy (non-hydrogen) atoms. The Morgan fingerprint density at radius 1 is 1.30 bits per heavy atom. The third-order valence-corrected chi connectivity index (χ3v) is 0.748. The molecule has 5 heteroatoms. The molecule has 0 aliphatic rings. The normalized spacial score (nSPS) is 8.90. The van der Waals surface area contributed by atoms with Crippen LogP contribution in [0, 0.1) is 0 Å². The zero-order valence-electron chi connectivity index (χ0n) is 6.04. The highest BCUT2D eigenvalue weighted by atomic mass is 31.1. The standard InChI is InChI=1S/C5H11O.H3O3P/c1-2-3-4-5-6;1-4(2)3/h2-5H2,1H3;4H,(H2,1,2,3). The van der Waals surface area contributed by atoms with Gasteiger partial charge < -0.3 is 9.79 Å². The van der Waals surface area contributed by atoms with Gasteiger partial charge in [-0.05, 0) is 6.42 Å². The van der Waals surface area contributed by atoms with Crippen LogP contribution in [-0.2, 0) is 9.67 Å². The maximum Gasteiger partial charge on any atom is 0.314 e. The quantitative estimate of drug-likeness (QED) is 0.488. The smallest absolute Gasteiger partial charge is 0.314 e. The van der Waals surface area contributed by atoms with Crippen LogP contribution in [0.4, 0.5) is 0 Å². The van der Waals surface area contributed by atoms with E-state index in [-0.39, 0.29) is 6.61 Å². The molecule has 63 valence electrons. The Bertz CT molecular complexity index is 68.0. The van der Waals surface area contributed by atoms with Crippen LogP contribution < -0.4 is 0 Å². The molecule has 4 nitrogen and oxygen atoms in total. The van der Waals surface area contributed by atoms with Crippen molar-refractivity contribution in [3.63, 3.8) is 0 Å². The topological polar surface area (TPSA) is 77.4 Å². The van der Waals surface area contributed by atoms with E-state index in [2.05, 4.69) is 6.92 Å². The van der Waals surface area contributed by atoms with Crippen molar-refractivity contribution in [2.24, 2.45) is 0 Å². The summed E-state index contributed by atoms with van der Waals surface area (Å²) in [6.07, 6.45) is 3.11. The van der Waals surface area contributed by atoms with Crippen LogP contribution >= 0.6 is 8.25 Å². The van der Waals surface area contributed by atoms with Crippen molar-refractivity contribution in [1.82, 2.24) is 0 Å². The second-order valence-corrected chi connectivity index (χ2v) is 2.26. The van der Waals surface area contributed by atoms with Crippen molar-refractivity contribution in [3.8, 4) is 0 Å². The van der Waals surface area contributed by atoms with Gasteiger partial charge in [-0.25, -0.2) is 5.11 Å². The number of hydrogen-bond acceptors (Lipinski definition) is 1. The van der Waals surface area contributed by atoms with E-state index in [1.807, 2.05) is 0 Å². The zero-order chi connectivity index (χ0) is 8.41.